The van der Waals surface area contributed by atoms with Crippen LogP contribution in [0.4, 0.5) is 21.7 Å². The quantitative estimate of drug-likeness (QED) is 0.316. The van der Waals surface area contributed by atoms with Crippen molar-refractivity contribution >= 4 is 34.1 Å². The van der Waals surface area contributed by atoms with E-state index in [1.54, 1.807) is 24.4 Å². The zero-order valence-corrected chi connectivity index (χ0v) is 22.5. The molecule has 5 rings (SSSR count). The summed E-state index contributed by atoms with van der Waals surface area (Å²) in [4.78, 5) is 28.4. The number of allylic oxidation sites excluding steroid dienone is 1. The molecule has 3 heterocycles. The number of benzene rings is 2. The van der Waals surface area contributed by atoms with E-state index in [0.717, 1.165) is 37.6 Å². The van der Waals surface area contributed by atoms with E-state index in [1.165, 1.54) is 6.07 Å². The molecule has 1 aliphatic heterocycles. The van der Waals surface area contributed by atoms with Gasteiger partial charge in [-0.2, -0.15) is 10.1 Å². The Labute approximate surface area is 227 Å². The third-order valence-electron chi connectivity index (χ3n) is 6.72. The Hall–Kier alpha value is -4.15. The maximum absolute atomic E-state index is 15.1. The first-order valence-corrected chi connectivity index (χ1v) is 13.0. The molecule has 2 N–H and O–H groups in total. The Kier molecular flexibility index (Phi) is 7.94. The first-order valence-electron chi connectivity index (χ1n) is 13.0. The number of ketones is 1. The van der Waals surface area contributed by atoms with Gasteiger partial charge in [0.05, 0.1) is 17.3 Å². The second kappa shape index (κ2) is 11.7. The van der Waals surface area contributed by atoms with Crippen molar-refractivity contribution in [2.45, 2.75) is 6.42 Å². The van der Waals surface area contributed by atoms with Gasteiger partial charge in [0, 0.05) is 56.1 Å². The summed E-state index contributed by atoms with van der Waals surface area (Å²) in [6.07, 6.45) is 5.15. The number of piperazine rings is 1. The Morgan fingerprint density at radius 3 is 2.74 bits per heavy atom. The molecule has 10 heteroatoms. The summed E-state index contributed by atoms with van der Waals surface area (Å²) in [7, 11) is 6.01. The number of hydrogen-bond acceptors (Lipinski definition) is 8. The topological polar surface area (TPSA) is 93.3 Å². The maximum Gasteiger partial charge on any atom is 0.229 e. The van der Waals surface area contributed by atoms with E-state index in [-0.39, 0.29) is 12.2 Å². The molecule has 202 valence electrons. The van der Waals surface area contributed by atoms with Crippen LogP contribution in [0.15, 0.2) is 60.8 Å². The Morgan fingerprint density at radius 2 is 1.95 bits per heavy atom. The summed E-state index contributed by atoms with van der Waals surface area (Å²) in [6, 6.07) is 12.8. The summed E-state index contributed by atoms with van der Waals surface area (Å²) >= 11 is 0. The van der Waals surface area contributed by atoms with Crippen LogP contribution >= 0.6 is 0 Å². The summed E-state index contributed by atoms with van der Waals surface area (Å²) in [5.74, 6) is -0.156. The number of carbonyl (C=O) groups excluding carboxylic acids is 1. The number of aromatic amines is 1. The molecule has 0 bridgehead atoms. The minimum Gasteiger partial charge on any atom is -0.369 e. The monoisotopic (exact) mass is 528 g/mol. The summed E-state index contributed by atoms with van der Waals surface area (Å²) < 4.78 is 15.1. The first kappa shape index (κ1) is 26.5. The molecule has 2 aromatic heterocycles. The summed E-state index contributed by atoms with van der Waals surface area (Å²) in [5, 5.41) is 10.9. The molecule has 9 nitrogen and oxygen atoms in total. The third kappa shape index (κ3) is 6.47. The number of nitrogens with one attached hydrogen (secondary N) is 2. The second-order valence-electron chi connectivity index (χ2n) is 10.1. The molecular weight excluding hydrogens is 495 g/mol. The van der Waals surface area contributed by atoms with Crippen LogP contribution in [0.5, 0.6) is 0 Å². The van der Waals surface area contributed by atoms with Crippen LogP contribution in [0.2, 0.25) is 0 Å². The fourth-order valence-electron chi connectivity index (χ4n) is 4.59. The molecule has 1 aliphatic rings. The zero-order chi connectivity index (χ0) is 27.4. The van der Waals surface area contributed by atoms with Gasteiger partial charge in [0.2, 0.25) is 5.95 Å². The van der Waals surface area contributed by atoms with E-state index in [4.69, 9.17) is 4.98 Å². The molecule has 0 spiro atoms. The van der Waals surface area contributed by atoms with Crippen LogP contribution in [-0.4, -0.2) is 89.6 Å². The number of fused-ring (bicyclic) bond motifs is 1. The van der Waals surface area contributed by atoms with Gasteiger partial charge < -0.3 is 20.0 Å². The highest BCUT2D eigenvalue weighted by Gasteiger charge is 2.18. The van der Waals surface area contributed by atoms with E-state index in [2.05, 4.69) is 49.5 Å². The molecular formula is C29H33FN8O. The predicted octanol–water partition coefficient (Wildman–Crippen LogP) is 3.88. The molecule has 1 saturated heterocycles. The number of H-pyrrole nitrogens is 1. The predicted molar refractivity (Wildman–Crippen MR) is 153 cm³/mol. The Bertz CT molecular complexity index is 1490. The van der Waals surface area contributed by atoms with Crippen molar-refractivity contribution in [3.05, 3.63) is 72.2 Å². The maximum atomic E-state index is 15.1. The van der Waals surface area contributed by atoms with Crippen molar-refractivity contribution in [2.75, 3.05) is 64.1 Å². The average molecular weight is 529 g/mol. The van der Waals surface area contributed by atoms with Crippen LogP contribution in [0.3, 0.4) is 0 Å². The standard InChI is InChI=1S/C29H33FN8O/c1-36(2)11-5-8-23(39)16-20-9-10-26(30)24(17-20)27-25-19-31-35-28(25)34-29(33-27)32-21-6-4-7-22(18-21)38-14-12-37(3)13-15-38/h4-10,17-19H,11-16H2,1-3H3,(H2,31,32,33,34,35)/b8-5+. The number of aromatic nitrogens is 4. The van der Waals surface area contributed by atoms with Gasteiger partial charge in [-0.25, -0.2) is 9.37 Å². The van der Waals surface area contributed by atoms with Crippen LogP contribution in [0.25, 0.3) is 22.3 Å². The van der Waals surface area contributed by atoms with Gasteiger partial charge in [-0.1, -0.05) is 18.2 Å². The lowest BCUT2D eigenvalue weighted by Gasteiger charge is -2.34. The molecule has 0 radical (unpaired) electrons. The lowest BCUT2D eigenvalue weighted by atomic mass is 10.0. The molecule has 2 aromatic carbocycles. The van der Waals surface area contributed by atoms with E-state index >= 15 is 4.39 Å². The Morgan fingerprint density at radius 1 is 1.13 bits per heavy atom. The van der Waals surface area contributed by atoms with Crippen molar-refractivity contribution in [1.82, 2.24) is 30.0 Å². The fraction of sp³-hybridized carbons (Fsp3) is 0.310. The normalized spacial score (nSPS) is 14.5. The molecule has 0 aliphatic carbocycles. The van der Waals surface area contributed by atoms with Crippen molar-refractivity contribution < 1.29 is 9.18 Å². The molecule has 4 aromatic rings. The molecule has 1 fully saturated rings. The van der Waals surface area contributed by atoms with Crippen LogP contribution in [-0.2, 0) is 11.2 Å². The van der Waals surface area contributed by atoms with Crippen molar-refractivity contribution in [2.24, 2.45) is 0 Å². The van der Waals surface area contributed by atoms with E-state index in [9.17, 15) is 4.79 Å². The third-order valence-corrected chi connectivity index (χ3v) is 6.72. The zero-order valence-electron chi connectivity index (χ0n) is 22.5. The number of hydrogen-bond donors (Lipinski definition) is 2. The highest BCUT2D eigenvalue weighted by Crippen LogP contribution is 2.31. The second-order valence-corrected chi connectivity index (χ2v) is 10.1. The number of likely N-dealkylation sites (N-methyl/N-ethyl adjacent to an activating group) is 2. The highest BCUT2D eigenvalue weighted by atomic mass is 19.1. The molecule has 0 amide bonds. The molecule has 0 unspecified atom stereocenters. The number of rotatable bonds is 9. The Balaban J connectivity index is 1.42. The van der Waals surface area contributed by atoms with Crippen molar-refractivity contribution in [1.29, 1.82) is 0 Å². The van der Waals surface area contributed by atoms with Crippen molar-refractivity contribution in [3.8, 4) is 11.3 Å². The molecule has 39 heavy (non-hydrogen) atoms. The first-order chi connectivity index (χ1) is 18.9. The number of nitrogens with zero attached hydrogens (tertiary/aromatic N) is 6. The highest BCUT2D eigenvalue weighted by molar-refractivity contribution is 5.93. The van der Waals surface area contributed by atoms with Gasteiger partial charge >= 0.3 is 0 Å². The van der Waals surface area contributed by atoms with Gasteiger partial charge in [-0.15, -0.1) is 0 Å². The molecule has 0 saturated carbocycles. The van der Waals surface area contributed by atoms with E-state index in [1.807, 2.05) is 37.2 Å². The average Bonchev–Trinajstić information content (AvgIpc) is 3.38. The van der Waals surface area contributed by atoms with Crippen LogP contribution in [0.1, 0.15) is 5.56 Å². The number of anilines is 3. The van der Waals surface area contributed by atoms with Crippen LogP contribution in [0, 0.1) is 5.82 Å². The van der Waals surface area contributed by atoms with Crippen molar-refractivity contribution in [3.63, 3.8) is 0 Å². The van der Waals surface area contributed by atoms with Gasteiger partial charge in [0.15, 0.2) is 11.4 Å². The lowest BCUT2D eigenvalue weighted by molar-refractivity contribution is -0.114. The van der Waals surface area contributed by atoms with Gasteiger partial charge in [-0.05, 0) is 63.1 Å². The SMILES string of the molecule is CN(C)C/C=C/C(=O)Cc1ccc(F)c(-c2nc(Nc3cccc(N4CCN(C)CC4)c3)nc3[nH]ncc23)c1. The largest absolute Gasteiger partial charge is 0.369 e. The van der Waals surface area contributed by atoms with Crippen LogP contribution < -0.4 is 10.2 Å². The fourth-order valence-corrected chi connectivity index (χ4v) is 4.59. The van der Waals surface area contributed by atoms with E-state index in [0.29, 0.717) is 40.3 Å². The van der Waals surface area contributed by atoms with Gasteiger partial charge in [0.1, 0.15) is 5.82 Å². The lowest BCUT2D eigenvalue weighted by Crippen LogP contribution is -2.44. The van der Waals surface area contributed by atoms with Gasteiger partial charge in [0.25, 0.3) is 0 Å². The minimum atomic E-state index is -0.432. The molecule has 0 atom stereocenters. The number of carbonyl (C=O) groups is 1. The summed E-state index contributed by atoms with van der Waals surface area (Å²) in [5.41, 5.74) is 3.85. The smallest absolute Gasteiger partial charge is 0.229 e. The summed E-state index contributed by atoms with van der Waals surface area (Å²) in [6.45, 7) is 4.63. The van der Waals surface area contributed by atoms with Gasteiger partial charge in [-0.3, -0.25) is 9.89 Å². The minimum absolute atomic E-state index is 0.0480. The van der Waals surface area contributed by atoms with E-state index < -0.39 is 5.82 Å². The number of halogens is 1.